The van der Waals surface area contributed by atoms with E-state index in [1.54, 1.807) is 4.90 Å². The Hall–Kier alpha value is -2.31. The number of anilines is 1. The van der Waals surface area contributed by atoms with Crippen LogP contribution >= 0.6 is 0 Å². The first-order valence-electron chi connectivity index (χ1n) is 7.99. The zero-order valence-corrected chi connectivity index (χ0v) is 14.3. The molecule has 1 aromatic carbocycles. The van der Waals surface area contributed by atoms with Crippen molar-refractivity contribution in [2.24, 2.45) is 5.73 Å². The monoisotopic (exact) mass is 337 g/mol. The second kappa shape index (κ2) is 7.07. The summed E-state index contributed by atoms with van der Waals surface area (Å²) >= 11 is 0. The Kier molecular flexibility index (Phi) is 5.31. The number of nitrogens with zero attached hydrogens (tertiary/aromatic N) is 1. The third-order valence-electron chi connectivity index (χ3n) is 3.76. The Morgan fingerprint density at radius 2 is 1.92 bits per heavy atom. The number of benzene rings is 1. The van der Waals surface area contributed by atoms with Gasteiger partial charge in [0.2, 0.25) is 5.91 Å². The zero-order valence-electron chi connectivity index (χ0n) is 14.3. The molecule has 0 unspecified atom stereocenters. The standard InChI is InChI=1S/C17H24FN3O3/c1-17(2,3)24-16(23)21-8-6-12(7-9-21)20-14-5-4-11(15(19)22)10-13(14)18/h4-5,10,12,20H,6-9H2,1-3H3,(H2,19,22). The van der Waals surface area contributed by atoms with E-state index in [9.17, 15) is 14.0 Å². The maximum absolute atomic E-state index is 14.0. The number of amides is 2. The van der Waals surface area contributed by atoms with Gasteiger partial charge in [0.1, 0.15) is 11.4 Å². The molecule has 0 bridgehead atoms. The third-order valence-corrected chi connectivity index (χ3v) is 3.76. The predicted molar refractivity (Wildman–Crippen MR) is 89.4 cm³/mol. The van der Waals surface area contributed by atoms with E-state index in [0.717, 1.165) is 6.07 Å². The fraction of sp³-hybridized carbons (Fsp3) is 0.529. The van der Waals surface area contributed by atoms with E-state index in [1.807, 2.05) is 20.8 Å². The van der Waals surface area contributed by atoms with Gasteiger partial charge in [-0.2, -0.15) is 0 Å². The van der Waals surface area contributed by atoms with E-state index < -0.39 is 17.3 Å². The van der Waals surface area contributed by atoms with Crippen LogP contribution in [0.4, 0.5) is 14.9 Å². The summed E-state index contributed by atoms with van der Waals surface area (Å²) in [6.45, 7) is 6.59. The van der Waals surface area contributed by atoms with Crippen LogP contribution in [0.1, 0.15) is 44.0 Å². The number of hydrogen-bond donors (Lipinski definition) is 2. The number of carbonyl (C=O) groups is 2. The summed E-state index contributed by atoms with van der Waals surface area (Å²) in [7, 11) is 0. The molecule has 1 fully saturated rings. The van der Waals surface area contributed by atoms with Crippen LogP contribution < -0.4 is 11.1 Å². The maximum atomic E-state index is 14.0. The van der Waals surface area contributed by atoms with Crippen molar-refractivity contribution in [1.82, 2.24) is 4.90 Å². The van der Waals surface area contributed by atoms with Crippen LogP contribution in [-0.4, -0.2) is 41.6 Å². The molecule has 1 aliphatic heterocycles. The third kappa shape index (κ3) is 4.84. The van der Waals surface area contributed by atoms with Crippen LogP contribution in [0.2, 0.25) is 0 Å². The summed E-state index contributed by atoms with van der Waals surface area (Å²) in [6, 6.07) is 4.18. The van der Waals surface area contributed by atoms with Gasteiger partial charge in [-0.3, -0.25) is 4.79 Å². The second-order valence-electron chi connectivity index (χ2n) is 6.94. The van der Waals surface area contributed by atoms with Gasteiger partial charge >= 0.3 is 6.09 Å². The highest BCUT2D eigenvalue weighted by Gasteiger charge is 2.27. The van der Waals surface area contributed by atoms with Crippen molar-refractivity contribution in [3.05, 3.63) is 29.6 Å². The van der Waals surface area contributed by atoms with Crippen molar-refractivity contribution >= 4 is 17.7 Å². The van der Waals surface area contributed by atoms with E-state index in [2.05, 4.69) is 5.32 Å². The number of halogens is 1. The quantitative estimate of drug-likeness (QED) is 0.888. The molecule has 1 aliphatic rings. The molecule has 3 N–H and O–H groups in total. The van der Waals surface area contributed by atoms with E-state index in [1.165, 1.54) is 12.1 Å². The molecule has 7 heteroatoms. The number of rotatable bonds is 3. The lowest BCUT2D eigenvalue weighted by molar-refractivity contribution is 0.0210. The van der Waals surface area contributed by atoms with Gasteiger partial charge in [0.25, 0.3) is 0 Å². The first kappa shape index (κ1) is 18.0. The highest BCUT2D eigenvalue weighted by atomic mass is 19.1. The molecule has 0 aromatic heterocycles. The minimum absolute atomic E-state index is 0.0533. The molecular formula is C17H24FN3O3. The molecule has 0 aliphatic carbocycles. The van der Waals surface area contributed by atoms with Gasteiger partial charge in [0, 0.05) is 24.7 Å². The summed E-state index contributed by atoms with van der Waals surface area (Å²) in [4.78, 5) is 24.7. The molecule has 132 valence electrons. The number of nitrogens with two attached hydrogens (primary N) is 1. The Morgan fingerprint density at radius 1 is 1.29 bits per heavy atom. The van der Waals surface area contributed by atoms with Crippen LogP contribution in [0, 0.1) is 5.82 Å². The Balaban J connectivity index is 1.89. The van der Waals surface area contributed by atoms with Gasteiger partial charge in [-0.25, -0.2) is 9.18 Å². The Bertz CT molecular complexity index is 620. The first-order chi connectivity index (χ1) is 11.2. The lowest BCUT2D eigenvalue weighted by atomic mass is 10.0. The highest BCUT2D eigenvalue weighted by Crippen LogP contribution is 2.21. The summed E-state index contributed by atoms with van der Waals surface area (Å²) in [5.41, 5.74) is 5.08. The van der Waals surface area contributed by atoms with E-state index >= 15 is 0 Å². The normalized spacial score (nSPS) is 15.9. The van der Waals surface area contributed by atoms with Gasteiger partial charge in [-0.15, -0.1) is 0 Å². The summed E-state index contributed by atoms with van der Waals surface area (Å²) < 4.78 is 19.3. The van der Waals surface area contributed by atoms with E-state index in [0.29, 0.717) is 31.6 Å². The lowest BCUT2D eigenvalue weighted by Gasteiger charge is -2.34. The molecule has 0 radical (unpaired) electrons. The molecule has 2 rings (SSSR count). The van der Waals surface area contributed by atoms with Crippen LogP contribution in [0.25, 0.3) is 0 Å². The number of nitrogens with one attached hydrogen (secondary N) is 1. The van der Waals surface area contributed by atoms with Crippen molar-refractivity contribution in [2.45, 2.75) is 45.3 Å². The number of carbonyl (C=O) groups excluding carboxylic acids is 2. The Labute approximate surface area is 141 Å². The summed E-state index contributed by atoms with van der Waals surface area (Å²) in [5, 5.41) is 3.12. The molecule has 2 amide bonds. The average Bonchev–Trinajstić information content (AvgIpc) is 2.48. The van der Waals surface area contributed by atoms with Crippen LogP contribution in [-0.2, 0) is 4.74 Å². The van der Waals surface area contributed by atoms with Crippen LogP contribution in [0.15, 0.2) is 18.2 Å². The molecule has 24 heavy (non-hydrogen) atoms. The number of hydrogen-bond acceptors (Lipinski definition) is 4. The molecule has 1 heterocycles. The molecule has 1 saturated heterocycles. The second-order valence-corrected chi connectivity index (χ2v) is 6.94. The highest BCUT2D eigenvalue weighted by molar-refractivity contribution is 5.93. The largest absolute Gasteiger partial charge is 0.444 e. The molecule has 0 atom stereocenters. The van der Waals surface area contributed by atoms with Gasteiger partial charge < -0.3 is 20.7 Å². The zero-order chi connectivity index (χ0) is 17.9. The van der Waals surface area contributed by atoms with Crippen molar-refractivity contribution < 1.29 is 18.7 Å². The maximum Gasteiger partial charge on any atom is 0.410 e. The van der Waals surface area contributed by atoms with Crippen LogP contribution in [0.5, 0.6) is 0 Å². The topological polar surface area (TPSA) is 84.7 Å². The molecule has 0 spiro atoms. The summed E-state index contributed by atoms with van der Waals surface area (Å²) in [5.74, 6) is -1.17. The number of ether oxygens (including phenoxy) is 1. The molecular weight excluding hydrogens is 313 g/mol. The molecule has 0 saturated carbocycles. The number of primary amides is 1. The smallest absolute Gasteiger partial charge is 0.410 e. The van der Waals surface area contributed by atoms with Crippen LogP contribution in [0.3, 0.4) is 0 Å². The predicted octanol–water partition coefficient (Wildman–Crippen LogP) is 2.74. The lowest BCUT2D eigenvalue weighted by Crippen LogP contribution is -2.44. The van der Waals surface area contributed by atoms with Gasteiger partial charge in [0.05, 0.1) is 5.69 Å². The number of likely N-dealkylation sites (tertiary alicyclic amines) is 1. The fourth-order valence-electron chi connectivity index (χ4n) is 2.54. The van der Waals surface area contributed by atoms with Gasteiger partial charge in [-0.05, 0) is 51.8 Å². The van der Waals surface area contributed by atoms with Gasteiger partial charge in [0.15, 0.2) is 0 Å². The first-order valence-corrected chi connectivity index (χ1v) is 7.99. The van der Waals surface area contributed by atoms with Crippen molar-refractivity contribution in [1.29, 1.82) is 0 Å². The molecule has 1 aromatic rings. The number of piperidine rings is 1. The Morgan fingerprint density at radius 3 is 2.42 bits per heavy atom. The van der Waals surface area contributed by atoms with E-state index in [4.69, 9.17) is 10.5 Å². The SMILES string of the molecule is CC(C)(C)OC(=O)N1CCC(Nc2ccc(C(N)=O)cc2F)CC1. The minimum Gasteiger partial charge on any atom is -0.444 e. The minimum atomic E-state index is -0.661. The average molecular weight is 337 g/mol. The van der Waals surface area contributed by atoms with Crippen molar-refractivity contribution in [2.75, 3.05) is 18.4 Å². The summed E-state index contributed by atoms with van der Waals surface area (Å²) in [6.07, 6.45) is 1.06. The fourth-order valence-corrected chi connectivity index (χ4v) is 2.54. The molecule has 6 nitrogen and oxygen atoms in total. The van der Waals surface area contributed by atoms with Crippen molar-refractivity contribution in [3.63, 3.8) is 0 Å². The van der Waals surface area contributed by atoms with Crippen molar-refractivity contribution in [3.8, 4) is 0 Å². The van der Waals surface area contributed by atoms with E-state index in [-0.39, 0.29) is 17.7 Å². The van der Waals surface area contributed by atoms with Gasteiger partial charge in [-0.1, -0.05) is 0 Å².